The van der Waals surface area contributed by atoms with Crippen molar-refractivity contribution < 1.29 is 37.3 Å². The van der Waals surface area contributed by atoms with E-state index in [1.54, 1.807) is 13.8 Å². The van der Waals surface area contributed by atoms with Crippen LogP contribution in [0.5, 0.6) is 0 Å². The highest BCUT2D eigenvalue weighted by molar-refractivity contribution is 7.54. The smallest absolute Gasteiger partial charge is 0.367 e. The van der Waals surface area contributed by atoms with Crippen molar-refractivity contribution in [1.29, 1.82) is 0 Å². The zero-order valence-corrected chi connectivity index (χ0v) is 19.8. The fourth-order valence-electron chi connectivity index (χ4n) is 3.77. The van der Waals surface area contributed by atoms with Crippen molar-refractivity contribution in [1.82, 2.24) is 0 Å². The molecule has 1 fully saturated rings. The lowest BCUT2D eigenvalue weighted by Crippen LogP contribution is -2.41. The van der Waals surface area contributed by atoms with E-state index in [9.17, 15) is 9.67 Å². The lowest BCUT2D eigenvalue weighted by atomic mass is 10.1. The minimum absolute atomic E-state index is 0.0112. The molecule has 0 aromatic heterocycles. The van der Waals surface area contributed by atoms with Gasteiger partial charge in [0.05, 0.1) is 33.0 Å². The molecule has 1 saturated heterocycles. The van der Waals surface area contributed by atoms with Gasteiger partial charge in [-0.25, -0.2) is 4.39 Å². The van der Waals surface area contributed by atoms with Gasteiger partial charge in [0.15, 0.2) is 0 Å². The number of rotatable bonds is 13. The zero-order chi connectivity index (χ0) is 23.7. The third-order valence-electron chi connectivity index (χ3n) is 5.29. The minimum atomic E-state index is -4.14. The normalized spacial score (nSPS) is 24.1. The standard InChI is InChI=1S/C24H32FO7P/c1-3-30-33(27,31-4-2)24(25)23-22(29-17-19-13-9-6-10-14-19)21(20(15-26)32-23)28-16-18-11-7-5-8-12-18/h5-14,20-24,26H,3-4,15-17H2,1-2H3/t20-,21-,22+,23+,24?/m1/s1. The second-order valence-electron chi connectivity index (χ2n) is 7.59. The molecule has 1 aliphatic rings. The number of alkyl halides is 1. The molecule has 0 bridgehead atoms. The molecule has 0 saturated carbocycles. The first-order valence-corrected chi connectivity index (χ1v) is 12.7. The van der Waals surface area contributed by atoms with Crippen molar-refractivity contribution in [3.8, 4) is 0 Å². The maximum atomic E-state index is 15.7. The second kappa shape index (κ2) is 12.7. The molecule has 1 N–H and O–H groups in total. The van der Waals surface area contributed by atoms with E-state index in [4.69, 9.17) is 23.3 Å². The van der Waals surface area contributed by atoms with Crippen molar-refractivity contribution in [3.63, 3.8) is 0 Å². The highest BCUT2D eigenvalue weighted by atomic mass is 31.2. The van der Waals surface area contributed by atoms with Crippen LogP contribution in [0.25, 0.3) is 0 Å². The SMILES string of the molecule is CCOP(=O)(OCC)C(F)[C@H]1O[C@H](CO)[C@@H](OCc2ccccc2)[C@@H]1OCc1ccccc1. The summed E-state index contributed by atoms with van der Waals surface area (Å²) in [5.41, 5.74) is 1.78. The summed E-state index contributed by atoms with van der Waals surface area (Å²) in [6, 6.07) is 18.9. The van der Waals surface area contributed by atoms with Crippen LogP contribution in [-0.2, 0) is 41.0 Å². The van der Waals surface area contributed by atoms with E-state index < -0.39 is 44.5 Å². The van der Waals surface area contributed by atoms with Crippen LogP contribution in [0.1, 0.15) is 25.0 Å². The van der Waals surface area contributed by atoms with Gasteiger partial charge < -0.3 is 28.4 Å². The van der Waals surface area contributed by atoms with Crippen LogP contribution in [0.15, 0.2) is 60.7 Å². The Morgan fingerprint density at radius 1 is 0.909 bits per heavy atom. The number of hydrogen-bond acceptors (Lipinski definition) is 7. The van der Waals surface area contributed by atoms with Gasteiger partial charge >= 0.3 is 7.60 Å². The van der Waals surface area contributed by atoms with Gasteiger partial charge in [-0.3, -0.25) is 4.57 Å². The van der Waals surface area contributed by atoms with Crippen LogP contribution in [-0.4, -0.2) is 55.3 Å². The maximum absolute atomic E-state index is 15.7. The van der Waals surface area contributed by atoms with E-state index in [-0.39, 0.29) is 26.4 Å². The third kappa shape index (κ3) is 6.70. The number of aliphatic hydroxyl groups excluding tert-OH is 1. The summed E-state index contributed by atoms with van der Waals surface area (Å²) in [4.78, 5) is 0. The van der Waals surface area contributed by atoms with Crippen molar-refractivity contribution in [2.75, 3.05) is 19.8 Å². The Balaban J connectivity index is 1.84. The Labute approximate surface area is 194 Å². The fraction of sp³-hybridized carbons (Fsp3) is 0.500. The summed E-state index contributed by atoms with van der Waals surface area (Å²) < 4.78 is 57.2. The molecule has 9 heteroatoms. The number of halogens is 1. The van der Waals surface area contributed by atoms with E-state index in [1.165, 1.54) is 0 Å². The summed E-state index contributed by atoms with van der Waals surface area (Å²) in [6.45, 7) is 3.21. The van der Waals surface area contributed by atoms with Crippen molar-refractivity contribution >= 4 is 7.60 Å². The quantitative estimate of drug-likeness (QED) is 0.422. The van der Waals surface area contributed by atoms with E-state index in [0.717, 1.165) is 11.1 Å². The first-order valence-electron chi connectivity index (χ1n) is 11.1. The zero-order valence-electron chi connectivity index (χ0n) is 18.9. The summed E-state index contributed by atoms with van der Waals surface area (Å²) >= 11 is 0. The summed E-state index contributed by atoms with van der Waals surface area (Å²) in [5, 5.41) is 9.93. The lowest BCUT2D eigenvalue weighted by Gasteiger charge is -2.29. The van der Waals surface area contributed by atoms with Crippen molar-refractivity contribution in [2.24, 2.45) is 0 Å². The van der Waals surface area contributed by atoms with Crippen LogP contribution in [0.3, 0.4) is 0 Å². The largest absolute Gasteiger partial charge is 0.394 e. The average molecular weight is 482 g/mol. The Kier molecular flexibility index (Phi) is 10.0. The molecule has 0 aliphatic carbocycles. The molecule has 182 valence electrons. The van der Waals surface area contributed by atoms with Crippen LogP contribution in [0, 0.1) is 0 Å². The van der Waals surface area contributed by atoms with Gasteiger partial charge in [0.25, 0.3) is 0 Å². The monoisotopic (exact) mass is 482 g/mol. The number of aliphatic hydroxyl groups is 1. The Hall–Kier alpha value is -1.64. The van der Waals surface area contributed by atoms with Gasteiger partial charge in [-0.1, -0.05) is 60.7 Å². The summed E-state index contributed by atoms with van der Waals surface area (Å²) in [7, 11) is -4.14. The molecule has 3 rings (SSSR count). The fourth-order valence-corrected chi connectivity index (χ4v) is 5.45. The molecule has 1 heterocycles. The summed E-state index contributed by atoms with van der Waals surface area (Å²) in [6.07, 6.45) is -3.92. The Morgan fingerprint density at radius 2 is 1.39 bits per heavy atom. The van der Waals surface area contributed by atoms with E-state index in [1.807, 2.05) is 60.7 Å². The van der Waals surface area contributed by atoms with Crippen LogP contribution in [0.4, 0.5) is 4.39 Å². The van der Waals surface area contributed by atoms with Crippen LogP contribution in [0.2, 0.25) is 0 Å². The first kappa shape index (κ1) is 26.0. The minimum Gasteiger partial charge on any atom is -0.394 e. The molecule has 1 aliphatic heterocycles. The van der Waals surface area contributed by atoms with Gasteiger partial charge in [0, 0.05) is 0 Å². The summed E-state index contributed by atoms with van der Waals surface area (Å²) in [5.74, 6) is -2.11. The van der Waals surface area contributed by atoms with E-state index in [0.29, 0.717) is 0 Å². The molecule has 0 spiro atoms. The average Bonchev–Trinajstić information content (AvgIpc) is 3.19. The van der Waals surface area contributed by atoms with Crippen molar-refractivity contribution in [2.45, 2.75) is 57.4 Å². The number of benzene rings is 2. The lowest BCUT2D eigenvalue weighted by molar-refractivity contribution is -0.0858. The molecule has 2 aromatic rings. The van der Waals surface area contributed by atoms with Gasteiger partial charge in [-0.15, -0.1) is 0 Å². The van der Waals surface area contributed by atoms with Gasteiger partial charge in [-0.2, -0.15) is 0 Å². The Bertz CT molecular complexity index is 860. The van der Waals surface area contributed by atoms with Gasteiger partial charge in [0.1, 0.15) is 24.4 Å². The maximum Gasteiger partial charge on any atom is 0.367 e. The van der Waals surface area contributed by atoms with Gasteiger partial charge in [-0.05, 0) is 25.0 Å². The molecule has 33 heavy (non-hydrogen) atoms. The number of hydrogen-bond donors (Lipinski definition) is 1. The van der Waals surface area contributed by atoms with E-state index in [2.05, 4.69) is 0 Å². The van der Waals surface area contributed by atoms with Crippen LogP contribution < -0.4 is 0 Å². The molecule has 0 amide bonds. The van der Waals surface area contributed by atoms with Crippen LogP contribution >= 0.6 is 7.60 Å². The molecular formula is C24H32FO7P. The Morgan fingerprint density at radius 3 is 1.85 bits per heavy atom. The molecule has 1 unspecified atom stereocenters. The predicted octanol–water partition coefficient (Wildman–Crippen LogP) is 4.48. The van der Waals surface area contributed by atoms with Gasteiger partial charge in [0.2, 0.25) is 5.91 Å². The molecule has 2 aromatic carbocycles. The second-order valence-corrected chi connectivity index (χ2v) is 9.68. The molecular weight excluding hydrogens is 450 g/mol. The first-order chi connectivity index (χ1) is 16.0. The molecule has 7 nitrogen and oxygen atoms in total. The topological polar surface area (TPSA) is 83.5 Å². The highest BCUT2D eigenvalue weighted by Gasteiger charge is 2.55. The van der Waals surface area contributed by atoms with Crippen molar-refractivity contribution in [3.05, 3.63) is 71.8 Å². The van der Waals surface area contributed by atoms with E-state index >= 15 is 4.39 Å². The predicted molar refractivity (Wildman–Crippen MR) is 122 cm³/mol. The molecule has 0 radical (unpaired) electrons. The number of ether oxygens (including phenoxy) is 3. The molecule has 5 atom stereocenters. The highest BCUT2D eigenvalue weighted by Crippen LogP contribution is 2.57. The third-order valence-corrected chi connectivity index (χ3v) is 7.42.